The summed E-state index contributed by atoms with van der Waals surface area (Å²) in [6.07, 6.45) is 7.61. The first kappa shape index (κ1) is 21.2. The highest BCUT2D eigenvalue weighted by Crippen LogP contribution is 2.62. The Morgan fingerprint density at radius 2 is 2.00 bits per heavy atom. The van der Waals surface area contributed by atoms with Crippen molar-refractivity contribution in [1.82, 2.24) is 10.6 Å². The highest BCUT2D eigenvalue weighted by molar-refractivity contribution is 14.0. The first-order valence-corrected chi connectivity index (χ1v) is 10.8. The standard InChI is InChI=1S/C22H31FN4O.HI/c1-24-21(26-19-18-8-13-28-20(18)22(19)9-3-10-22)25-16-6-11-27(12-7-16)17-5-2-4-15(23)14-17;/h2,4-5,14,16,18-20H,3,6-13H2,1H3,(H2,24,25,26);1H. The van der Waals surface area contributed by atoms with Gasteiger partial charge in [-0.05, 0) is 50.3 Å². The van der Waals surface area contributed by atoms with Crippen molar-refractivity contribution in [2.75, 3.05) is 31.6 Å². The van der Waals surface area contributed by atoms with Crippen LogP contribution in [-0.4, -0.2) is 50.9 Å². The molecule has 3 unspecified atom stereocenters. The van der Waals surface area contributed by atoms with E-state index in [-0.39, 0.29) is 29.8 Å². The van der Waals surface area contributed by atoms with E-state index >= 15 is 0 Å². The van der Waals surface area contributed by atoms with Crippen LogP contribution in [0.25, 0.3) is 0 Å². The predicted molar refractivity (Wildman–Crippen MR) is 125 cm³/mol. The molecule has 1 spiro atoms. The molecule has 0 aromatic heterocycles. The highest BCUT2D eigenvalue weighted by Gasteiger charge is 2.66. The molecular formula is C22H32FIN4O. The van der Waals surface area contributed by atoms with Gasteiger partial charge in [0.25, 0.3) is 0 Å². The minimum Gasteiger partial charge on any atom is -0.377 e. The van der Waals surface area contributed by atoms with E-state index in [4.69, 9.17) is 4.74 Å². The number of benzene rings is 1. The number of hydrogen-bond acceptors (Lipinski definition) is 3. The Morgan fingerprint density at radius 3 is 2.66 bits per heavy atom. The van der Waals surface area contributed by atoms with E-state index in [0.717, 1.165) is 44.2 Å². The Labute approximate surface area is 189 Å². The number of halogens is 2. The predicted octanol–water partition coefficient (Wildman–Crippen LogP) is 3.54. The molecule has 4 fully saturated rings. The zero-order valence-corrected chi connectivity index (χ0v) is 19.4. The molecule has 7 heteroatoms. The lowest BCUT2D eigenvalue weighted by molar-refractivity contribution is -0.171. The number of fused-ring (bicyclic) bond motifs is 2. The van der Waals surface area contributed by atoms with Crippen LogP contribution in [0.2, 0.25) is 0 Å². The van der Waals surface area contributed by atoms with E-state index < -0.39 is 0 Å². The third-order valence-corrected chi connectivity index (χ3v) is 7.56. The number of hydrogen-bond donors (Lipinski definition) is 2. The van der Waals surface area contributed by atoms with E-state index in [1.807, 2.05) is 13.1 Å². The van der Waals surface area contributed by atoms with Gasteiger partial charge in [0.15, 0.2) is 5.96 Å². The van der Waals surface area contributed by atoms with Gasteiger partial charge in [-0.25, -0.2) is 4.39 Å². The number of aliphatic imine (C=N–C) groups is 1. The van der Waals surface area contributed by atoms with E-state index in [9.17, 15) is 4.39 Å². The van der Waals surface area contributed by atoms with Crippen molar-refractivity contribution in [3.8, 4) is 0 Å². The number of nitrogens with one attached hydrogen (secondary N) is 2. The average molecular weight is 514 g/mol. The molecule has 160 valence electrons. The maximum Gasteiger partial charge on any atom is 0.191 e. The van der Waals surface area contributed by atoms with E-state index in [1.165, 1.54) is 31.7 Å². The van der Waals surface area contributed by atoms with Crippen molar-refractivity contribution in [3.63, 3.8) is 0 Å². The van der Waals surface area contributed by atoms with Gasteiger partial charge in [0.2, 0.25) is 0 Å². The Hall–Kier alpha value is -1.09. The molecule has 4 aliphatic rings. The minimum absolute atomic E-state index is 0. The van der Waals surface area contributed by atoms with Crippen LogP contribution in [0.1, 0.15) is 38.5 Å². The lowest BCUT2D eigenvalue weighted by atomic mass is 9.46. The van der Waals surface area contributed by atoms with Crippen LogP contribution in [0.5, 0.6) is 0 Å². The first-order chi connectivity index (χ1) is 13.7. The van der Waals surface area contributed by atoms with Crippen LogP contribution in [-0.2, 0) is 4.74 Å². The largest absolute Gasteiger partial charge is 0.377 e. The lowest BCUT2D eigenvalue weighted by Gasteiger charge is -2.63. The normalized spacial score (nSPS) is 30.8. The summed E-state index contributed by atoms with van der Waals surface area (Å²) in [4.78, 5) is 6.79. The molecular weight excluding hydrogens is 482 g/mol. The van der Waals surface area contributed by atoms with Crippen molar-refractivity contribution in [1.29, 1.82) is 0 Å². The van der Waals surface area contributed by atoms with Crippen molar-refractivity contribution < 1.29 is 9.13 Å². The minimum atomic E-state index is -0.165. The van der Waals surface area contributed by atoms with Gasteiger partial charge in [0, 0.05) is 55.8 Å². The Kier molecular flexibility index (Phi) is 6.25. The summed E-state index contributed by atoms with van der Waals surface area (Å²) < 4.78 is 19.5. The van der Waals surface area contributed by atoms with Crippen LogP contribution in [0.4, 0.5) is 10.1 Å². The fourth-order valence-corrected chi connectivity index (χ4v) is 5.92. The summed E-state index contributed by atoms with van der Waals surface area (Å²) in [5, 5.41) is 7.41. The molecule has 0 amide bonds. The molecule has 2 saturated carbocycles. The molecule has 2 heterocycles. The topological polar surface area (TPSA) is 48.9 Å². The maximum atomic E-state index is 13.5. The SMILES string of the molecule is CN=C(NC1CCN(c2cccc(F)c2)CC1)NC1C2CCOC2C12CCC2.I. The van der Waals surface area contributed by atoms with Gasteiger partial charge in [-0.15, -0.1) is 24.0 Å². The van der Waals surface area contributed by atoms with Gasteiger partial charge in [-0.3, -0.25) is 4.99 Å². The third kappa shape index (κ3) is 3.73. The molecule has 0 radical (unpaired) electrons. The Balaban J connectivity index is 0.00000205. The first-order valence-electron chi connectivity index (χ1n) is 10.8. The van der Waals surface area contributed by atoms with Crippen LogP contribution < -0.4 is 15.5 Å². The highest BCUT2D eigenvalue weighted by atomic mass is 127. The molecule has 5 rings (SSSR count). The van der Waals surface area contributed by atoms with Gasteiger partial charge < -0.3 is 20.3 Å². The molecule has 2 aliphatic heterocycles. The number of piperidine rings is 1. The van der Waals surface area contributed by atoms with Gasteiger partial charge in [0.1, 0.15) is 5.82 Å². The van der Waals surface area contributed by atoms with Gasteiger partial charge in [0.05, 0.1) is 6.10 Å². The summed E-state index contributed by atoms with van der Waals surface area (Å²) in [7, 11) is 1.87. The second-order valence-corrected chi connectivity index (χ2v) is 8.91. The third-order valence-electron chi connectivity index (χ3n) is 7.56. The van der Waals surface area contributed by atoms with E-state index in [1.54, 1.807) is 12.1 Å². The smallest absolute Gasteiger partial charge is 0.191 e. The zero-order valence-electron chi connectivity index (χ0n) is 17.1. The molecule has 1 aromatic carbocycles. The van der Waals surface area contributed by atoms with Crippen LogP contribution in [0.3, 0.4) is 0 Å². The average Bonchev–Trinajstić information content (AvgIpc) is 3.09. The monoisotopic (exact) mass is 514 g/mol. The van der Waals surface area contributed by atoms with Crippen molar-refractivity contribution in [3.05, 3.63) is 30.1 Å². The second-order valence-electron chi connectivity index (χ2n) is 8.91. The van der Waals surface area contributed by atoms with Crippen LogP contribution in [0.15, 0.2) is 29.3 Å². The summed E-state index contributed by atoms with van der Waals surface area (Å²) in [6.45, 7) is 2.79. The summed E-state index contributed by atoms with van der Waals surface area (Å²) in [5.74, 6) is 1.42. The zero-order chi connectivity index (χ0) is 19.1. The number of rotatable bonds is 3. The number of nitrogens with zero attached hydrogens (tertiary/aromatic N) is 2. The fourth-order valence-electron chi connectivity index (χ4n) is 5.92. The molecule has 2 saturated heterocycles. The number of guanidine groups is 1. The van der Waals surface area contributed by atoms with Crippen LogP contribution in [0, 0.1) is 17.2 Å². The molecule has 1 aromatic rings. The van der Waals surface area contributed by atoms with E-state index in [0.29, 0.717) is 29.5 Å². The molecule has 2 N–H and O–H groups in total. The maximum absolute atomic E-state index is 13.5. The lowest BCUT2D eigenvalue weighted by Crippen LogP contribution is -2.72. The number of anilines is 1. The van der Waals surface area contributed by atoms with Crippen molar-refractivity contribution >= 4 is 35.6 Å². The number of ether oxygens (including phenoxy) is 1. The molecule has 29 heavy (non-hydrogen) atoms. The second kappa shape index (κ2) is 8.57. The summed E-state index contributed by atoms with van der Waals surface area (Å²) in [6, 6.07) is 7.82. The quantitative estimate of drug-likeness (QED) is 0.368. The van der Waals surface area contributed by atoms with Crippen molar-refractivity contribution in [2.45, 2.75) is 56.7 Å². The van der Waals surface area contributed by atoms with Gasteiger partial charge in [-0.2, -0.15) is 0 Å². The summed E-state index contributed by atoms with van der Waals surface area (Å²) in [5.41, 5.74) is 1.34. The van der Waals surface area contributed by atoms with Gasteiger partial charge in [-0.1, -0.05) is 12.5 Å². The van der Waals surface area contributed by atoms with E-state index in [2.05, 4.69) is 20.5 Å². The molecule has 3 atom stereocenters. The van der Waals surface area contributed by atoms with Crippen molar-refractivity contribution in [2.24, 2.45) is 16.3 Å². The van der Waals surface area contributed by atoms with Crippen LogP contribution >= 0.6 is 24.0 Å². The molecule has 2 aliphatic carbocycles. The molecule has 0 bridgehead atoms. The fraction of sp³-hybridized carbons (Fsp3) is 0.682. The van der Waals surface area contributed by atoms with Gasteiger partial charge >= 0.3 is 0 Å². The molecule has 5 nitrogen and oxygen atoms in total. The Morgan fingerprint density at radius 1 is 1.21 bits per heavy atom. The summed E-state index contributed by atoms with van der Waals surface area (Å²) >= 11 is 0. The Bertz CT molecular complexity index is 748.